The first-order valence-corrected chi connectivity index (χ1v) is 6.49. The molecule has 5 nitrogen and oxygen atoms in total. The van der Waals surface area contributed by atoms with E-state index in [9.17, 15) is 9.59 Å². The minimum absolute atomic E-state index is 0.0721. The lowest BCUT2D eigenvalue weighted by molar-refractivity contribution is -0.150. The molecule has 0 spiro atoms. The SMILES string of the molecule is CCN1CC(=O)N(CC2CCCCN2)CC1=O. The van der Waals surface area contributed by atoms with E-state index in [1.807, 2.05) is 6.92 Å². The Morgan fingerprint density at radius 3 is 2.53 bits per heavy atom. The zero-order valence-corrected chi connectivity index (χ0v) is 10.4. The average molecular weight is 239 g/mol. The Hall–Kier alpha value is -1.10. The highest BCUT2D eigenvalue weighted by molar-refractivity contribution is 5.92. The number of hydrogen-bond donors (Lipinski definition) is 1. The third kappa shape index (κ3) is 2.97. The van der Waals surface area contributed by atoms with Crippen LogP contribution in [0.3, 0.4) is 0 Å². The van der Waals surface area contributed by atoms with E-state index < -0.39 is 0 Å². The number of piperazine rings is 1. The lowest BCUT2D eigenvalue weighted by Gasteiger charge is -2.36. The van der Waals surface area contributed by atoms with Crippen molar-refractivity contribution in [1.29, 1.82) is 0 Å². The van der Waals surface area contributed by atoms with Crippen molar-refractivity contribution in [3.63, 3.8) is 0 Å². The van der Waals surface area contributed by atoms with Crippen LogP contribution in [-0.2, 0) is 9.59 Å². The predicted octanol–water partition coefficient (Wildman–Crippen LogP) is -0.181. The van der Waals surface area contributed by atoms with Crippen LogP contribution in [0, 0.1) is 0 Å². The van der Waals surface area contributed by atoms with Crippen molar-refractivity contribution < 1.29 is 9.59 Å². The molecule has 0 saturated carbocycles. The zero-order chi connectivity index (χ0) is 12.3. The van der Waals surface area contributed by atoms with Crippen LogP contribution >= 0.6 is 0 Å². The molecule has 2 saturated heterocycles. The van der Waals surface area contributed by atoms with E-state index in [1.54, 1.807) is 9.80 Å². The van der Waals surface area contributed by atoms with Crippen LogP contribution < -0.4 is 5.32 Å². The van der Waals surface area contributed by atoms with Crippen LogP contribution in [0.15, 0.2) is 0 Å². The minimum Gasteiger partial charge on any atom is -0.332 e. The highest BCUT2D eigenvalue weighted by Gasteiger charge is 2.30. The predicted molar refractivity (Wildman–Crippen MR) is 64.5 cm³/mol. The summed E-state index contributed by atoms with van der Waals surface area (Å²) in [6.45, 7) is 4.75. The molecule has 0 radical (unpaired) electrons. The number of nitrogens with zero attached hydrogens (tertiary/aromatic N) is 2. The molecule has 2 rings (SSSR count). The molecule has 2 heterocycles. The van der Waals surface area contributed by atoms with Crippen LogP contribution in [0.5, 0.6) is 0 Å². The topological polar surface area (TPSA) is 52.7 Å². The Kier molecular flexibility index (Phi) is 3.99. The van der Waals surface area contributed by atoms with Crippen molar-refractivity contribution in [2.45, 2.75) is 32.2 Å². The van der Waals surface area contributed by atoms with E-state index >= 15 is 0 Å². The average Bonchev–Trinajstić information content (AvgIpc) is 2.34. The van der Waals surface area contributed by atoms with Gasteiger partial charge in [0.25, 0.3) is 0 Å². The quantitative estimate of drug-likeness (QED) is 0.743. The van der Waals surface area contributed by atoms with Gasteiger partial charge in [-0.05, 0) is 26.3 Å². The second-order valence-corrected chi connectivity index (χ2v) is 4.83. The van der Waals surface area contributed by atoms with E-state index in [0.29, 0.717) is 19.1 Å². The summed E-state index contributed by atoms with van der Waals surface area (Å²) in [6.07, 6.45) is 3.54. The molecule has 0 aliphatic carbocycles. The van der Waals surface area contributed by atoms with Gasteiger partial charge in [0.1, 0.15) is 0 Å². The molecule has 96 valence electrons. The number of hydrogen-bond acceptors (Lipinski definition) is 3. The van der Waals surface area contributed by atoms with Crippen molar-refractivity contribution in [1.82, 2.24) is 15.1 Å². The standard InChI is InChI=1S/C12H21N3O2/c1-2-14-8-12(17)15(9-11(14)16)7-10-5-3-4-6-13-10/h10,13H,2-9H2,1H3. The van der Waals surface area contributed by atoms with Crippen molar-refractivity contribution in [2.75, 3.05) is 32.7 Å². The fourth-order valence-electron chi connectivity index (χ4n) is 2.50. The third-order valence-electron chi connectivity index (χ3n) is 3.59. The van der Waals surface area contributed by atoms with Gasteiger partial charge < -0.3 is 15.1 Å². The van der Waals surface area contributed by atoms with E-state index in [4.69, 9.17) is 0 Å². The van der Waals surface area contributed by atoms with E-state index in [2.05, 4.69) is 5.32 Å². The van der Waals surface area contributed by atoms with Gasteiger partial charge in [0.05, 0.1) is 13.1 Å². The molecule has 2 aliphatic heterocycles. The summed E-state index contributed by atoms with van der Waals surface area (Å²) in [5, 5.41) is 3.41. The van der Waals surface area contributed by atoms with Crippen molar-refractivity contribution in [3.05, 3.63) is 0 Å². The van der Waals surface area contributed by atoms with Crippen LogP contribution in [0.1, 0.15) is 26.2 Å². The van der Waals surface area contributed by atoms with Gasteiger partial charge in [-0.1, -0.05) is 6.42 Å². The number of piperidine rings is 1. The third-order valence-corrected chi connectivity index (χ3v) is 3.59. The summed E-state index contributed by atoms with van der Waals surface area (Å²) in [4.78, 5) is 26.9. The Bertz CT molecular complexity index is 300. The lowest BCUT2D eigenvalue weighted by Crippen LogP contribution is -2.56. The van der Waals surface area contributed by atoms with Crippen LogP contribution in [-0.4, -0.2) is 60.4 Å². The molecule has 1 N–H and O–H groups in total. The van der Waals surface area contributed by atoms with Crippen molar-refractivity contribution in [2.24, 2.45) is 0 Å². The maximum Gasteiger partial charge on any atom is 0.242 e. The van der Waals surface area contributed by atoms with Gasteiger partial charge in [0, 0.05) is 19.1 Å². The molecule has 0 aromatic heterocycles. The molecule has 5 heteroatoms. The molecule has 2 amide bonds. The van der Waals surface area contributed by atoms with Gasteiger partial charge in [-0.3, -0.25) is 9.59 Å². The fourth-order valence-corrected chi connectivity index (χ4v) is 2.50. The van der Waals surface area contributed by atoms with Gasteiger partial charge >= 0.3 is 0 Å². The Labute approximate surface area is 102 Å². The van der Waals surface area contributed by atoms with E-state index in [-0.39, 0.29) is 24.9 Å². The number of rotatable bonds is 3. The number of nitrogens with one attached hydrogen (secondary N) is 1. The van der Waals surface area contributed by atoms with Gasteiger partial charge in [-0.15, -0.1) is 0 Å². The first-order chi connectivity index (χ1) is 8.20. The number of carbonyl (C=O) groups is 2. The molecule has 2 aliphatic rings. The first-order valence-electron chi connectivity index (χ1n) is 6.49. The molecule has 17 heavy (non-hydrogen) atoms. The van der Waals surface area contributed by atoms with E-state index in [0.717, 1.165) is 13.0 Å². The Morgan fingerprint density at radius 2 is 1.88 bits per heavy atom. The van der Waals surface area contributed by atoms with Gasteiger partial charge in [-0.2, -0.15) is 0 Å². The second-order valence-electron chi connectivity index (χ2n) is 4.83. The summed E-state index contributed by atoms with van der Waals surface area (Å²) >= 11 is 0. The van der Waals surface area contributed by atoms with Crippen molar-refractivity contribution >= 4 is 11.8 Å². The molecular formula is C12H21N3O2. The maximum absolute atomic E-state index is 11.9. The van der Waals surface area contributed by atoms with Crippen molar-refractivity contribution in [3.8, 4) is 0 Å². The smallest absolute Gasteiger partial charge is 0.242 e. The fraction of sp³-hybridized carbons (Fsp3) is 0.833. The first kappa shape index (κ1) is 12.4. The number of carbonyl (C=O) groups excluding carboxylic acids is 2. The summed E-state index contributed by atoms with van der Waals surface area (Å²) in [5.74, 6) is 0.154. The lowest BCUT2D eigenvalue weighted by atomic mass is 10.0. The second kappa shape index (κ2) is 5.49. The molecule has 0 aromatic carbocycles. The van der Waals surface area contributed by atoms with Gasteiger partial charge in [0.2, 0.25) is 11.8 Å². The van der Waals surface area contributed by atoms with Crippen LogP contribution in [0.25, 0.3) is 0 Å². The normalized spacial score (nSPS) is 26.5. The molecule has 1 unspecified atom stereocenters. The highest BCUT2D eigenvalue weighted by atomic mass is 16.2. The maximum atomic E-state index is 11.9. The summed E-state index contributed by atoms with van der Waals surface area (Å²) < 4.78 is 0. The summed E-state index contributed by atoms with van der Waals surface area (Å²) in [5.41, 5.74) is 0. The minimum atomic E-state index is 0.0721. The van der Waals surface area contributed by atoms with Crippen LogP contribution in [0.2, 0.25) is 0 Å². The number of amides is 2. The monoisotopic (exact) mass is 239 g/mol. The molecule has 1 atom stereocenters. The molecule has 0 bridgehead atoms. The molecule has 0 aromatic rings. The molecule has 2 fully saturated rings. The highest BCUT2D eigenvalue weighted by Crippen LogP contribution is 2.11. The number of likely N-dealkylation sites (N-methyl/N-ethyl adjacent to an activating group) is 1. The summed E-state index contributed by atoms with van der Waals surface area (Å²) in [7, 11) is 0. The Morgan fingerprint density at radius 1 is 1.18 bits per heavy atom. The largest absolute Gasteiger partial charge is 0.332 e. The van der Waals surface area contributed by atoms with Crippen LogP contribution in [0.4, 0.5) is 0 Å². The summed E-state index contributed by atoms with van der Waals surface area (Å²) in [6, 6.07) is 0.369. The van der Waals surface area contributed by atoms with E-state index in [1.165, 1.54) is 12.8 Å². The Balaban J connectivity index is 1.88. The zero-order valence-electron chi connectivity index (χ0n) is 10.4. The van der Waals surface area contributed by atoms with Gasteiger partial charge in [0.15, 0.2) is 0 Å². The molecular weight excluding hydrogens is 218 g/mol. The van der Waals surface area contributed by atoms with Gasteiger partial charge in [-0.25, -0.2) is 0 Å².